The number of carboxylic acid groups (broad SMARTS) is 1. The molecule has 1 aromatic heterocycles. The molecule has 0 saturated carbocycles. The molecule has 0 amide bonds. The number of hydrogen-bond acceptors (Lipinski definition) is 4. The highest BCUT2D eigenvalue weighted by Crippen LogP contribution is 2.29. The Kier molecular flexibility index (Phi) is 5.22. The van der Waals surface area contributed by atoms with Crippen LogP contribution in [0.15, 0.2) is 85.1 Å². The largest absolute Gasteiger partial charge is 0.480 e. The van der Waals surface area contributed by atoms with Crippen LogP contribution in [0.2, 0.25) is 0 Å². The van der Waals surface area contributed by atoms with E-state index in [4.69, 9.17) is 15.6 Å². The number of carbonyl (C=O) groups is 1. The SMILES string of the molecule is NC(Cc1cccc(Oc2cccc(-c3cnc4ccccc4c3)c2)c1)C(=O)O. The number of nitrogens with two attached hydrogens (primary N) is 1. The molecule has 0 bridgehead atoms. The standard InChI is InChI=1S/C24H20N2O3/c25-22(24(27)28)12-16-5-3-8-20(11-16)29-21-9-4-7-17(14-21)19-13-18-6-1-2-10-23(18)26-15-19/h1-11,13-15,22H,12,25H2,(H,27,28). The van der Waals surface area contributed by atoms with Gasteiger partial charge in [0.05, 0.1) is 5.52 Å². The second-order valence-corrected chi connectivity index (χ2v) is 6.84. The van der Waals surface area contributed by atoms with Gasteiger partial charge in [0.2, 0.25) is 0 Å². The predicted octanol–water partition coefficient (Wildman–Crippen LogP) is 4.65. The van der Waals surface area contributed by atoms with E-state index in [0.29, 0.717) is 11.5 Å². The summed E-state index contributed by atoms with van der Waals surface area (Å²) < 4.78 is 6.00. The van der Waals surface area contributed by atoms with Gasteiger partial charge in [-0.25, -0.2) is 0 Å². The molecule has 0 aliphatic carbocycles. The van der Waals surface area contributed by atoms with Crippen LogP contribution in [0.4, 0.5) is 0 Å². The van der Waals surface area contributed by atoms with Crippen LogP contribution < -0.4 is 10.5 Å². The molecule has 5 nitrogen and oxygen atoms in total. The molecule has 3 aromatic carbocycles. The molecule has 1 heterocycles. The zero-order valence-corrected chi connectivity index (χ0v) is 15.7. The van der Waals surface area contributed by atoms with Crippen LogP contribution in [0.3, 0.4) is 0 Å². The number of nitrogens with zero attached hydrogens (tertiary/aromatic N) is 1. The zero-order chi connectivity index (χ0) is 20.2. The van der Waals surface area contributed by atoms with Crippen LogP contribution in [-0.2, 0) is 11.2 Å². The van der Waals surface area contributed by atoms with Crippen molar-refractivity contribution in [3.8, 4) is 22.6 Å². The van der Waals surface area contributed by atoms with Crippen molar-refractivity contribution >= 4 is 16.9 Å². The first-order chi connectivity index (χ1) is 14.1. The average Bonchev–Trinajstić information content (AvgIpc) is 2.74. The van der Waals surface area contributed by atoms with Crippen molar-refractivity contribution in [3.63, 3.8) is 0 Å². The first kappa shape index (κ1) is 18.7. The number of aromatic nitrogens is 1. The third-order valence-electron chi connectivity index (χ3n) is 4.66. The number of aliphatic carboxylic acids is 1. The Balaban J connectivity index is 1.57. The summed E-state index contributed by atoms with van der Waals surface area (Å²) in [6.45, 7) is 0. The van der Waals surface area contributed by atoms with Gasteiger partial charge in [-0.1, -0.05) is 42.5 Å². The first-order valence-electron chi connectivity index (χ1n) is 9.29. The van der Waals surface area contributed by atoms with Crippen LogP contribution in [0.25, 0.3) is 22.0 Å². The number of carboxylic acids is 1. The minimum absolute atomic E-state index is 0.245. The van der Waals surface area contributed by atoms with Gasteiger partial charge in [0.1, 0.15) is 17.5 Å². The summed E-state index contributed by atoms with van der Waals surface area (Å²) in [5.41, 5.74) is 9.41. The maximum atomic E-state index is 11.0. The van der Waals surface area contributed by atoms with Crippen molar-refractivity contribution < 1.29 is 14.6 Å². The summed E-state index contributed by atoms with van der Waals surface area (Å²) in [6, 6.07) is 24.3. The van der Waals surface area contributed by atoms with E-state index in [1.165, 1.54) is 0 Å². The maximum Gasteiger partial charge on any atom is 0.320 e. The summed E-state index contributed by atoms with van der Waals surface area (Å²) >= 11 is 0. The zero-order valence-electron chi connectivity index (χ0n) is 15.7. The Morgan fingerprint density at radius 3 is 2.52 bits per heavy atom. The van der Waals surface area contributed by atoms with E-state index in [9.17, 15) is 4.79 Å². The van der Waals surface area contributed by atoms with Gasteiger partial charge in [-0.05, 0) is 53.9 Å². The van der Waals surface area contributed by atoms with Gasteiger partial charge in [0, 0.05) is 17.1 Å². The lowest BCUT2D eigenvalue weighted by Gasteiger charge is -2.11. The van der Waals surface area contributed by atoms with Crippen molar-refractivity contribution in [1.82, 2.24) is 4.98 Å². The lowest BCUT2D eigenvalue weighted by Crippen LogP contribution is -2.32. The van der Waals surface area contributed by atoms with Gasteiger partial charge < -0.3 is 15.6 Å². The normalized spacial score (nSPS) is 11.9. The average molecular weight is 384 g/mol. The molecule has 0 aliphatic rings. The Hall–Kier alpha value is -3.70. The molecule has 0 aliphatic heterocycles. The van der Waals surface area contributed by atoms with Gasteiger partial charge >= 0.3 is 5.97 Å². The molecule has 0 saturated heterocycles. The number of fused-ring (bicyclic) bond motifs is 1. The summed E-state index contributed by atoms with van der Waals surface area (Å²) in [4.78, 5) is 15.5. The molecule has 1 unspecified atom stereocenters. The minimum atomic E-state index is -1.02. The van der Waals surface area contributed by atoms with Crippen molar-refractivity contribution in [3.05, 3.63) is 90.6 Å². The van der Waals surface area contributed by atoms with Crippen molar-refractivity contribution in [1.29, 1.82) is 0 Å². The lowest BCUT2D eigenvalue weighted by atomic mass is 10.1. The quantitative estimate of drug-likeness (QED) is 0.505. The number of rotatable bonds is 6. The van der Waals surface area contributed by atoms with Crippen LogP contribution in [0.5, 0.6) is 11.5 Å². The van der Waals surface area contributed by atoms with Crippen molar-refractivity contribution in [2.45, 2.75) is 12.5 Å². The van der Waals surface area contributed by atoms with Gasteiger partial charge in [0.25, 0.3) is 0 Å². The van der Waals surface area contributed by atoms with E-state index in [2.05, 4.69) is 11.1 Å². The Morgan fingerprint density at radius 1 is 0.931 bits per heavy atom. The molecule has 0 spiro atoms. The molecule has 4 aromatic rings. The summed E-state index contributed by atoms with van der Waals surface area (Å²) in [6.07, 6.45) is 2.10. The van der Waals surface area contributed by atoms with Gasteiger partial charge in [-0.3, -0.25) is 9.78 Å². The van der Waals surface area contributed by atoms with E-state index in [1.807, 2.05) is 79.0 Å². The Labute approximate surface area is 168 Å². The van der Waals surface area contributed by atoms with E-state index in [0.717, 1.165) is 27.6 Å². The molecule has 0 fully saturated rings. The van der Waals surface area contributed by atoms with E-state index >= 15 is 0 Å². The maximum absolute atomic E-state index is 11.0. The third kappa shape index (κ3) is 4.42. The van der Waals surface area contributed by atoms with Gasteiger partial charge in [0.15, 0.2) is 0 Å². The smallest absolute Gasteiger partial charge is 0.320 e. The molecular weight excluding hydrogens is 364 g/mol. The fourth-order valence-electron chi connectivity index (χ4n) is 3.18. The Bertz CT molecular complexity index is 1170. The summed E-state index contributed by atoms with van der Waals surface area (Å²) in [5, 5.41) is 10.1. The van der Waals surface area contributed by atoms with Crippen molar-refractivity contribution in [2.24, 2.45) is 5.73 Å². The molecule has 144 valence electrons. The molecule has 4 rings (SSSR count). The third-order valence-corrected chi connectivity index (χ3v) is 4.66. The van der Waals surface area contributed by atoms with E-state index < -0.39 is 12.0 Å². The molecule has 5 heteroatoms. The van der Waals surface area contributed by atoms with Crippen LogP contribution >= 0.6 is 0 Å². The molecule has 3 N–H and O–H groups in total. The number of pyridine rings is 1. The number of ether oxygens (including phenoxy) is 1. The highest BCUT2D eigenvalue weighted by molar-refractivity contribution is 5.83. The molecule has 0 radical (unpaired) electrons. The van der Waals surface area contributed by atoms with Gasteiger partial charge in [-0.2, -0.15) is 0 Å². The Morgan fingerprint density at radius 2 is 1.69 bits per heavy atom. The van der Waals surface area contributed by atoms with E-state index in [1.54, 1.807) is 0 Å². The fraction of sp³-hybridized carbons (Fsp3) is 0.0833. The monoisotopic (exact) mass is 384 g/mol. The van der Waals surface area contributed by atoms with E-state index in [-0.39, 0.29) is 6.42 Å². The van der Waals surface area contributed by atoms with Crippen LogP contribution in [-0.4, -0.2) is 22.1 Å². The first-order valence-corrected chi connectivity index (χ1v) is 9.29. The highest BCUT2D eigenvalue weighted by Gasteiger charge is 2.12. The molecular formula is C24H20N2O3. The fourth-order valence-corrected chi connectivity index (χ4v) is 3.18. The topological polar surface area (TPSA) is 85.4 Å². The predicted molar refractivity (Wildman–Crippen MR) is 113 cm³/mol. The summed E-state index contributed by atoms with van der Waals surface area (Å²) in [7, 11) is 0. The second kappa shape index (κ2) is 8.12. The summed E-state index contributed by atoms with van der Waals surface area (Å²) in [5.74, 6) is 0.303. The minimum Gasteiger partial charge on any atom is -0.480 e. The van der Waals surface area contributed by atoms with Gasteiger partial charge in [-0.15, -0.1) is 0 Å². The molecule has 1 atom stereocenters. The molecule has 29 heavy (non-hydrogen) atoms. The second-order valence-electron chi connectivity index (χ2n) is 6.84. The van der Waals surface area contributed by atoms with Crippen LogP contribution in [0, 0.1) is 0 Å². The number of para-hydroxylation sites is 1. The van der Waals surface area contributed by atoms with Crippen LogP contribution in [0.1, 0.15) is 5.56 Å². The number of hydrogen-bond donors (Lipinski definition) is 2. The highest BCUT2D eigenvalue weighted by atomic mass is 16.5. The lowest BCUT2D eigenvalue weighted by molar-refractivity contribution is -0.138. The number of benzene rings is 3. The van der Waals surface area contributed by atoms with Crippen molar-refractivity contribution in [2.75, 3.05) is 0 Å².